The number of ether oxygens (including phenoxy) is 1. The molecule has 0 spiro atoms. The Balaban J connectivity index is 1.99. The van der Waals surface area contributed by atoms with Gasteiger partial charge in [0.1, 0.15) is 0 Å². The lowest BCUT2D eigenvalue weighted by Gasteiger charge is -2.18. The predicted molar refractivity (Wildman–Crippen MR) is 112 cm³/mol. The molecule has 29 heavy (non-hydrogen) atoms. The largest absolute Gasteiger partial charge is 0.452 e. The summed E-state index contributed by atoms with van der Waals surface area (Å²) < 4.78 is 31.3. The predicted octanol–water partition coefficient (Wildman–Crippen LogP) is 3.47. The molecule has 1 N–H and O–H groups in total. The number of carbonyl (C=O) groups is 2. The van der Waals surface area contributed by atoms with Crippen molar-refractivity contribution in [2.24, 2.45) is 0 Å². The molecular formula is C20H23ClN2O5S. The topological polar surface area (TPSA) is 92.8 Å². The standard InChI is InChI=1S/C20H23ClN2O5S/c1-4-23(5-2)29(26,27)16-11-9-15(10-12-16)20(25)28-13-19(24)22-18-8-6-7-17(21)14(18)3/h6-12H,4-5,13H2,1-3H3,(H,22,24). The van der Waals surface area contributed by atoms with Crippen LogP contribution in [0.3, 0.4) is 0 Å². The SMILES string of the molecule is CCN(CC)S(=O)(=O)c1ccc(C(=O)OCC(=O)Nc2cccc(Cl)c2C)cc1. The third-order valence-corrected chi connectivity index (χ3v) is 6.78. The molecule has 0 aromatic heterocycles. The number of nitrogens with one attached hydrogen (secondary N) is 1. The molecule has 0 aliphatic heterocycles. The van der Waals surface area contributed by atoms with E-state index in [1.54, 1.807) is 39.0 Å². The van der Waals surface area contributed by atoms with E-state index in [0.717, 1.165) is 0 Å². The molecule has 156 valence electrons. The zero-order chi connectivity index (χ0) is 21.6. The van der Waals surface area contributed by atoms with Gasteiger partial charge in [-0.1, -0.05) is 31.5 Å². The first-order chi connectivity index (χ1) is 13.7. The number of sulfonamides is 1. The number of nitrogens with zero attached hydrogens (tertiary/aromatic N) is 1. The smallest absolute Gasteiger partial charge is 0.338 e. The number of hydrogen-bond donors (Lipinski definition) is 1. The van der Waals surface area contributed by atoms with Gasteiger partial charge in [0.2, 0.25) is 10.0 Å². The van der Waals surface area contributed by atoms with Crippen molar-refractivity contribution in [3.05, 3.63) is 58.6 Å². The van der Waals surface area contributed by atoms with E-state index in [0.29, 0.717) is 29.4 Å². The lowest BCUT2D eigenvalue weighted by Crippen LogP contribution is -2.30. The number of carbonyl (C=O) groups excluding carboxylic acids is 2. The lowest BCUT2D eigenvalue weighted by atomic mass is 10.2. The summed E-state index contributed by atoms with van der Waals surface area (Å²) in [7, 11) is -3.61. The van der Waals surface area contributed by atoms with Crippen LogP contribution in [0.15, 0.2) is 47.4 Å². The number of esters is 1. The Morgan fingerprint density at radius 3 is 2.28 bits per heavy atom. The molecule has 0 aliphatic rings. The van der Waals surface area contributed by atoms with Crippen LogP contribution in [0.1, 0.15) is 29.8 Å². The van der Waals surface area contributed by atoms with E-state index < -0.39 is 28.5 Å². The maximum absolute atomic E-state index is 12.5. The van der Waals surface area contributed by atoms with Crippen molar-refractivity contribution >= 4 is 39.2 Å². The van der Waals surface area contributed by atoms with Gasteiger partial charge in [-0.15, -0.1) is 0 Å². The van der Waals surface area contributed by atoms with Gasteiger partial charge in [-0.3, -0.25) is 4.79 Å². The summed E-state index contributed by atoms with van der Waals surface area (Å²) in [5.41, 5.74) is 1.39. The third-order valence-electron chi connectivity index (χ3n) is 4.31. The van der Waals surface area contributed by atoms with Gasteiger partial charge >= 0.3 is 5.97 Å². The molecule has 0 radical (unpaired) electrons. The van der Waals surface area contributed by atoms with Crippen LogP contribution in [-0.4, -0.2) is 44.3 Å². The summed E-state index contributed by atoms with van der Waals surface area (Å²) in [5, 5.41) is 3.14. The summed E-state index contributed by atoms with van der Waals surface area (Å²) in [6.45, 7) is 5.49. The van der Waals surface area contributed by atoms with Crippen LogP contribution < -0.4 is 5.32 Å². The molecule has 0 saturated carbocycles. The number of hydrogen-bond acceptors (Lipinski definition) is 5. The van der Waals surface area contributed by atoms with Crippen molar-refractivity contribution in [1.82, 2.24) is 4.31 Å². The highest BCUT2D eigenvalue weighted by molar-refractivity contribution is 7.89. The first-order valence-corrected chi connectivity index (χ1v) is 10.8. The van der Waals surface area contributed by atoms with Gasteiger partial charge in [0.05, 0.1) is 10.5 Å². The van der Waals surface area contributed by atoms with Crippen LogP contribution >= 0.6 is 11.6 Å². The molecule has 2 aromatic rings. The Bertz CT molecular complexity index is 986. The quantitative estimate of drug-likeness (QED) is 0.637. The minimum atomic E-state index is -3.61. The van der Waals surface area contributed by atoms with Gasteiger partial charge in [0.25, 0.3) is 5.91 Å². The van der Waals surface area contributed by atoms with E-state index in [2.05, 4.69) is 5.32 Å². The molecule has 2 rings (SSSR count). The summed E-state index contributed by atoms with van der Waals surface area (Å²) in [6.07, 6.45) is 0. The van der Waals surface area contributed by atoms with Gasteiger partial charge in [-0.25, -0.2) is 13.2 Å². The molecule has 0 unspecified atom stereocenters. The highest BCUT2D eigenvalue weighted by Crippen LogP contribution is 2.23. The van der Waals surface area contributed by atoms with Crippen molar-refractivity contribution in [2.75, 3.05) is 25.0 Å². The highest BCUT2D eigenvalue weighted by Gasteiger charge is 2.22. The minimum Gasteiger partial charge on any atom is -0.452 e. The van der Waals surface area contributed by atoms with Crippen molar-refractivity contribution < 1.29 is 22.7 Å². The number of rotatable bonds is 8. The molecule has 9 heteroatoms. The average molecular weight is 439 g/mol. The maximum Gasteiger partial charge on any atom is 0.338 e. The summed E-state index contributed by atoms with van der Waals surface area (Å²) in [6, 6.07) is 10.5. The van der Waals surface area contributed by atoms with Crippen LogP contribution in [0.4, 0.5) is 5.69 Å². The van der Waals surface area contributed by atoms with E-state index in [4.69, 9.17) is 16.3 Å². The molecule has 0 saturated heterocycles. The van der Waals surface area contributed by atoms with Crippen molar-refractivity contribution in [3.8, 4) is 0 Å². The molecule has 0 bridgehead atoms. The van der Waals surface area contributed by atoms with E-state index in [9.17, 15) is 18.0 Å². The second-order valence-corrected chi connectivity index (χ2v) is 8.50. The second-order valence-electron chi connectivity index (χ2n) is 6.15. The molecule has 2 aromatic carbocycles. The zero-order valence-electron chi connectivity index (χ0n) is 16.4. The number of benzene rings is 2. The van der Waals surface area contributed by atoms with Crippen LogP contribution in [0, 0.1) is 6.92 Å². The summed E-state index contributed by atoms with van der Waals surface area (Å²) in [5.74, 6) is -1.24. The van der Waals surface area contributed by atoms with Crippen molar-refractivity contribution in [1.29, 1.82) is 0 Å². The normalized spacial score (nSPS) is 11.3. The van der Waals surface area contributed by atoms with Crippen LogP contribution in [0.2, 0.25) is 5.02 Å². The first-order valence-electron chi connectivity index (χ1n) is 9.03. The summed E-state index contributed by atoms with van der Waals surface area (Å²) >= 11 is 6.01. The number of halogens is 1. The molecule has 0 aliphatic carbocycles. The Hall–Kier alpha value is -2.42. The van der Waals surface area contributed by atoms with Crippen molar-refractivity contribution in [2.45, 2.75) is 25.7 Å². The van der Waals surface area contributed by atoms with Gasteiger partial charge in [0, 0.05) is 23.8 Å². The van der Waals surface area contributed by atoms with Gasteiger partial charge < -0.3 is 10.1 Å². The number of amides is 1. The molecule has 0 atom stereocenters. The van der Waals surface area contributed by atoms with Crippen molar-refractivity contribution in [3.63, 3.8) is 0 Å². The zero-order valence-corrected chi connectivity index (χ0v) is 18.0. The van der Waals surface area contributed by atoms with Gasteiger partial charge in [-0.05, 0) is 48.9 Å². The fraction of sp³-hybridized carbons (Fsp3) is 0.300. The van der Waals surface area contributed by atoms with E-state index >= 15 is 0 Å². The molecule has 0 fully saturated rings. The van der Waals surface area contributed by atoms with Gasteiger partial charge in [0.15, 0.2) is 6.61 Å². The number of anilines is 1. The van der Waals surface area contributed by atoms with Gasteiger partial charge in [-0.2, -0.15) is 4.31 Å². The lowest BCUT2D eigenvalue weighted by molar-refractivity contribution is -0.119. The molecule has 1 amide bonds. The fourth-order valence-electron chi connectivity index (χ4n) is 2.62. The summed E-state index contributed by atoms with van der Waals surface area (Å²) in [4.78, 5) is 24.3. The van der Waals surface area contributed by atoms with Crippen LogP contribution in [0.25, 0.3) is 0 Å². The molecule has 7 nitrogen and oxygen atoms in total. The second kappa shape index (κ2) is 9.87. The Morgan fingerprint density at radius 2 is 1.69 bits per heavy atom. The van der Waals surface area contributed by atoms with Crippen LogP contribution in [-0.2, 0) is 19.6 Å². The average Bonchev–Trinajstić information content (AvgIpc) is 2.70. The van der Waals surface area contributed by atoms with Crippen LogP contribution in [0.5, 0.6) is 0 Å². The minimum absolute atomic E-state index is 0.0897. The Labute approximate surface area is 175 Å². The van der Waals surface area contributed by atoms with E-state index in [-0.39, 0.29) is 10.5 Å². The van der Waals surface area contributed by atoms with E-state index in [1.807, 2.05) is 0 Å². The highest BCUT2D eigenvalue weighted by atomic mass is 35.5. The van der Waals surface area contributed by atoms with E-state index in [1.165, 1.54) is 28.6 Å². The molecular weight excluding hydrogens is 416 g/mol. The fourth-order valence-corrected chi connectivity index (χ4v) is 4.25. The molecule has 0 heterocycles. The Morgan fingerprint density at radius 1 is 1.07 bits per heavy atom. The third kappa shape index (κ3) is 5.56. The Kier molecular flexibility index (Phi) is 7.78. The monoisotopic (exact) mass is 438 g/mol. The maximum atomic E-state index is 12.5. The first kappa shape index (κ1) is 22.9.